The van der Waals surface area contributed by atoms with E-state index in [4.69, 9.17) is 5.11 Å². The number of nitrogens with one attached hydrogen (secondary N) is 1. The lowest BCUT2D eigenvalue weighted by molar-refractivity contribution is -0.122. The van der Waals surface area contributed by atoms with Gasteiger partial charge in [-0.2, -0.15) is 11.8 Å². The molecule has 2 rings (SSSR count). The Hall–Kier alpha value is -1.07. The number of amides is 1. The van der Waals surface area contributed by atoms with Crippen molar-refractivity contribution in [2.45, 2.75) is 18.8 Å². The van der Waals surface area contributed by atoms with Gasteiger partial charge in [0.2, 0.25) is 5.91 Å². The molecule has 20 heavy (non-hydrogen) atoms. The van der Waals surface area contributed by atoms with Gasteiger partial charge in [0.05, 0.1) is 0 Å². The van der Waals surface area contributed by atoms with Crippen molar-refractivity contribution in [3.8, 4) is 0 Å². The second kappa shape index (κ2) is 7.64. The number of aliphatic hydroxyl groups excluding tert-OH is 1. The van der Waals surface area contributed by atoms with Crippen LogP contribution in [0.15, 0.2) is 24.3 Å². The number of benzene rings is 1. The zero-order valence-corrected chi connectivity index (χ0v) is 12.2. The van der Waals surface area contributed by atoms with Crippen LogP contribution < -0.4 is 5.32 Å². The monoisotopic (exact) mass is 297 g/mol. The van der Waals surface area contributed by atoms with E-state index in [0.29, 0.717) is 12.1 Å². The highest BCUT2D eigenvalue weighted by Crippen LogP contribution is 2.48. The van der Waals surface area contributed by atoms with Gasteiger partial charge in [-0.1, -0.05) is 18.2 Å². The molecule has 0 aliphatic heterocycles. The van der Waals surface area contributed by atoms with Gasteiger partial charge >= 0.3 is 0 Å². The number of hydrogen-bond acceptors (Lipinski definition) is 3. The fourth-order valence-electron chi connectivity index (χ4n) is 2.25. The molecule has 2 atom stereocenters. The second-order valence-electron chi connectivity index (χ2n) is 4.95. The summed E-state index contributed by atoms with van der Waals surface area (Å²) in [4.78, 5) is 11.9. The average Bonchev–Trinajstić information content (AvgIpc) is 3.23. The summed E-state index contributed by atoms with van der Waals surface area (Å²) < 4.78 is 13.6. The fraction of sp³-hybridized carbons (Fsp3) is 0.533. The van der Waals surface area contributed by atoms with E-state index in [2.05, 4.69) is 5.32 Å². The van der Waals surface area contributed by atoms with Crippen molar-refractivity contribution < 1.29 is 14.3 Å². The van der Waals surface area contributed by atoms with Gasteiger partial charge in [0, 0.05) is 24.8 Å². The normalized spacial score (nSPS) is 20.7. The van der Waals surface area contributed by atoms with Gasteiger partial charge < -0.3 is 10.4 Å². The molecule has 2 unspecified atom stereocenters. The van der Waals surface area contributed by atoms with Crippen LogP contribution in [0.5, 0.6) is 0 Å². The zero-order valence-electron chi connectivity index (χ0n) is 11.3. The minimum absolute atomic E-state index is 0.0287. The number of thioether (sulfide) groups is 1. The van der Waals surface area contributed by atoms with Gasteiger partial charge in [-0.15, -0.1) is 0 Å². The molecule has 1 amide bonds. The Morgan fingerprint density at radius 2 is 2.20 bits per heavy atom. The molecular weight excluding hydrogens is 277 g/mol. The molecule has 1 saturated carbocycles. The number of rotatable bonds is 8. The van der Waals surface area contributed by atoms with E-state index in [9.17, 15) is 9.18 Å². The summed E-state index contributed by atoms with van der Waals surface area (Å²) in [5.41, 5.74) is 0.657. The quantitative estimate of drug-likeness (QED) is 0.723. The van der Waals surface area contributed by atoms with Crippen molar-refractivity contribution in [3.05, 3.63) is 35.6 Å². The van der Waals surface area contributed by atoms with Crippen LogP contribution in [-0.2, 0) is 4.79 Å². The number of hydrogen-bond donors (Lipinski definition) is 2. The molecular formula is C15H20FNO2S. The summed E-state index contributed by atoms with van der Waals surface area (Å²) in [5, 5.41) is 11.5. The Balaban J connectivity index is 1.67. The van der Waals surface area contributed by atoms with Crippen LogP contribution in [0.4, 0.5) is 4.39 Å². The largest absolute Gasteiger partial charge is 0.396 e. The van der Waals surface area contributed by atoms with E-state index in [-0.39, 0.29) is 30.2 Å². The summed E-state index contributed by atoms with van der Waals surface area (Å²) in [6.07, 6.45) is 1.53. The van der Waals surface area contributed by atoms with Crippen molar-refractivity contribution in [3.63, 3.8) is 0 Å². The summed E-state index contributed by atoms with van der Waals surface area (Å²) in [6, 6.07) is 6.68. The third-order valence-corrected chi connectivity index (χ3v) is 4.49. The van der Waals surface area contributed by atoms with Gasteiger partial charge in [0.15, 0.2) is 0 Å². The van der Waals surface area contributed by atoms with Crippen LogP contribution in [0.1, 0.15) is 24.3 Å². The SMILES string of the molecule is O=C(NCCSCCCO)C1CC1c1ccccc1F. The lowest BCUT2D eigenvalue weighted by atomic mass is 10.1. The number of carbonyl (C=O) groups is 1. The summed E-state index contributed by atoms with van der Waals surface area (Å²) in [6.45, 7) is 0.848. The molecule has 0 radical (unpaired) electrons. The molecule has 0 bridgehead atoms. The molecule has 1 aromatic rings. The molecule has 0 heterocycles. The van der Waals surface area contributed by atoms with E-state index in [1.807, 2.05) is 6.07 Å². The van der Waals surface area contributed by atoms with E-state index in [0.717, 1.165) is 24.3 Å². The van der Waals surface area contributed by atoms with Crippen LogP contribution in [0.3, 0.4) is 0 Å². The lowest BCUT2D eigenvalue weighted by Gasteiger charge is -2.05. The van der Waals surface area contributed by atoms with Crippen molar-refractivity contribution >= 4 is 17.7 Å². The minimum atomic E-state index is -0.215. The molecule has 1 aliphatic carbocycles. The zero-order chi connectivity index (χ0) is 14.4. The lowest BCUT2D eigenvalue weighted by Crippen LogP contribution is -2.27. The Morgan fingerprint density at radius 1 is 1.40 bits per heavy atom. The van der Waals surface area contributed by atoms with Gasteiger partial charge in [0.25, 0.3) is 0 Å². The predicted molar refractivity (Wildman–Crippen MR) is 79.3 cm³/mol. The second-order valence-corrected chi connectivity index (χ2v) is 6.18. The highest BCUT2D eigenvalue weighted by molar-refractivity contribution is 7.99. The summed E-state index contributed by atoms with van der Waals surface area (Å²) >= 11 is 1.72. The molecule has 0 aromatic heterocycles. The summed E-state index contributed by atoms with van der Waals surface area (Å²) in [5.74, 6) is 1.54. The smallest absolute Gasteiger partial charge is 0.223 e. The molecule has 0 saturated heterocycles. The number of halogens is 1. The van der Waals surface area contributed by atoms with Crippen LogP contribution in [0.2, 0.25) is 0 Å². The third-order valence-electron chi connectivity index (χ3n) is 3.42. The first-order chi connectivity index (χ1) is 9.74. The fourth-order valence-corrected chi connectivity index (χ4v) is 3.03. The predicted octanol–water partition coefficient (Wildman–Crippen LogP) is 2.16. The topological polar surface area (TPSA) is 49.3 Å². The highest BCUT2D eigenvalue weighted by atomic mass is 32.2. The Bertz CT molecular complexity index is 455. The van der Waals surface area contributed by atoms with Gasteiger partial charge in [-0.25, -0.2) is 4.39 Å². The molecule has 110 valence electrons. The average molecular weight is 297 g/mol. The van der Waals surface area contributed by atoms with Crippen molar-refractivity contribution in [2.75, 3.05) is 24.7 Å². The Labute approximate surface area is 123 Å². The van der Waals surface area contributed by atoms with Gasteiger partial charge in [-0.05, 0) is 36.1 Å². The maximum absolute atomic E-state index is 13.6. The number of carbonyl (C=O) groups excluding carboxylic acids is 1. The number of aliphatic hydroxyl groups is 1. The Kier molecular flexibility index (Phi) is 5.86. The van der Waals surface area contributed by atoms with Crippen LogP contribution in [-0.4, -0.2) is 35.7 Å². The van der Waals surface area contributed by atoms with E-state index in [1.54, 1.807) is 23.9 Å². The van der Waals surface area contributed by atoms with Crippen molar-refractivity contribution in [1.29, 1.82) is 0 Å². The molecule has 3 nitrogen and oxygen atoms in total. The van der Waals surface area contributed by atoms with E-state index in [1.165, 1.54) is 6.07 Å². The standard InChI is InChI=1S/C15H20FNO2S/c16-14-5-2-1-4-11(14)12-10-13(12)15(19)17-6-9-20-8-3-7-18/h1-2,4-5,12-13,18H,3,6-10H2,(H,17,19). The first kappa shape index (κ1) is 15.3. The first-order valence-electron chi connectivity index (χ1n) is 6.94. The van der Waals surface area contributed by atoms with Crippen molar-refractivity contribution in [1.82, 2.24) is 5.32 Å². The molecule has 5 heteroatoms. The van der Waals surface area contributed by atoms with E-state index >= 15 is 0 Å². The molecule has 2 N–H and O–H groups in total. The summed E-state index contributed by atoms with van der Waals surface area (Å²) in [7, 11) is 0. The highest BCUT2D eigenvalue weighted by Gasteiger charge is 2.44. The van der Waals surface area contributed by atoms with Gasteiger partial charge in [0.1, 0.15) is 5.82 Å². The van der Waals surface area contributed by atoms with Crippen LogP contribution in [0.25, 0.3) is 0 Å². The van der Waals surface area contributed by atoms with Crippen molar-refractivity contribution in [2.24, 2.45) is 5.92 Å². The third kappa shape index (κ3) is 4.21. The maximum Gasteiger partial charge on any atom is 0.223 e. The molecule has 0 spiro atoms. The molecule has 1 fully saturated rings. The van der Waals surface area contributed by atoms with Gasteiger partial charge in [-0.3, -0.25) is 4.79 Å². The first-order valence-corrected chi connectivity index (χ1v) is 8.10. The minimum Gasteiger partial charge on any atom is -0.396 e. The molecule has 1 aliphatic rings. The van der Waals surface area contributed by atoms with Crippen LogP contribution >= 0.6 is 11.8 Å². The maximum atomic E-state index is 13.6. The molecule has 1 aromatic carbocycles. The van der Waals surface area contributed by atoms with E-state index < -0.39 is 0 Å². The van der Waals surface area contributed by atoms with Crippen LogP contribution in [0, 0.1) is 11.7 Å². The Morgan fingerprint density at radius 3 is 2.95 bits per heavy atom.